The van der Waals surface area contributed by atoms with Gasteiger partial charge in [-0.2, -0.15) is 0 Å². The van der Waals surface area contributed by atoms with Gasteiger partial charge in [-0.15, -0.1) is 0 Å². The van der Waals surface area contributed by atoms with Gasteiger partial charge in [-0.3, -0.25) is 4.79 Å². The first-order valence-corrected chi connectivity index (χ1v) is 4.71. The molecule has 0 amide bonds. The van der Waals surface area contributed by atoms with Gasteiger partial charge < -0.3 is 15.8 Å². The van der Waals surface area contributed by atoms with Crippen LogP contribution in [-0.4, -0.2) is 23.6 Å². The summed E-state index contributed by atoms with van der Waals surface area (Å²) in [5.74, 6) is 0.315. The molecule has 1 unspecified atom stereocenters. The molecule has 1 heterocycles. The van der Waals surface area contributed by atoms with E-state index in [1.54, 1.807) is 25.3 Å². The van der Waals surface area contributed by atoms with Gasteiger partial charge in [0.25, 0.3) is 0 Å². The number of nitrogen functional groups attached to an aromatic ring is 1. The van der Waals surface area contributed by atoms with Gasteiger partial charge in [0.05, 0.1) is 12.2 Å². The number of aromatic nitrogens is 1. The topological polar surface area (TPSA) is 77.2 Å². The Morgan fingerprint density at radius 1 is 1.73 bits per heavy atom. The van der Waals surface area contributed by atoms with E-state index in [-0.39, 0.29) is 12.1 Å². The first-order valence-electron chi connectivity index (χ1n) is 4.71. The minimum absolute atomic E-state index is 0.205. The number of anilines is 2. The molecule has 0 aliphatic rings. The fourth-order valence-corrected chi connectivity index (χ4v) is 1.13. The summed E-state index contributed by atoms with van der Waals surface area (Å²) in [7, 11) is 0. The van der Waals surface area contributed by atoms with Crippen molar-refractivity contribution in [3.05, 3.63) is 18.3 Å². The highest BCUT2D eigenvalue weighted by Crippen LogP contribution is 2.12. The molecule has 1 rings (SSSR count). The third kappa shape index (κ3) is 3.84. The summed E-state index contributed by atoms with van der Waals surface area (Å²) in [4.78, 5) is 14.7. The molecule has 1 aromatic rings. The van der Waals surface area contributed by atoms with Gasteiger partial charge in [0.1, 0.15) is 11.9 Å². The van der Waals surface area contributed by atoms with Crippen molar-refractivity contribution in [2.24, 2.45) is 0 Å². The third-order valence-corrected chi connectivity index (χ3v) is 1.76. The highest BCUT2D eigenvalue weighted by molar-refractivity contribution is 5.66. The molecule has 5 nitrogen and oxygen atoms in total. The zero-order valence-corrected chi connectivity index (χ0v) is 8.86. The van der Waals surface area contributed by atoms with Gasteiger partial charge in [0, 0.05) is 13.1 Å². The number of carbonyl (C=O) groups excluding carboxylic acids is 1. The lowest BCUT2D eigenvalue weighted by molar-refractivity contribution is -0.144. The van der Waals surface area contributed by atoms with E-state index in [0.29, 0.717) is 18.1 Å². The quantitative estimate of drug-likeness (QED) is 0.724. The number of nitrogens with one attached hydrogen (secondary N) is 1. The van der Waals surface area contributed by atoms with E-state index in [1.807, 2.05) is 0 Å². The molecule has 1 atom stereocenters. The SMILES string of the molecule is CC(=O)OC(C)CNc1ncccc1N. The lowest BCUT2D eigenvalue weighted by atomic mass is 10.3. The van der Waals surface area contributed by atoms with Crippen molar-refractivity contribution in [1.29, 1.82) is 0 Å². The Morgan fingerprint density at radius 3 is 3.07 bits per heavy atom. The number of rotatable bonds is 4. The number of nitrogens with zero attached hydrogens (tertiary/aromatic N) is 1. The summed E-state index contributed by atoms with van der Waals surface area (Å²) >= 11 is 0. The van der Waals surface area contributed by atoms with Crippen LogP contribution in [0, 0.1) is 0 Å². The Bertz CT molecular complexity index is 341. The average Bonchev–Trinajstić information content (AvgIpc) is 2.15. The Kier molecular flexibility index (Phi) is 3.91. The van der Waals surface area contributed by atoms with Gasteiger partial charge in [0.2, 0.25) is 0 Å². The molecule has 0 spiro atoms. The maximum atomic E-state index is 10.6. The fourth-order valence-electron chi connectivity index (χ4n) is 1.13. The lowest BCUT2D eigenvalue weighted by Crippen LogP contribution is -2.22. The maximum absolute atomic E-state index is 10.6. The Balaban J connectivity index is 2.43. The van der Waals surface area contributed by atoms with Gasteiger partial charge in [-0.1, -0.05) is 0 Å². The van der Waals surface area contributed by atoms with E-state index >= 15 is 0 Å². The van der Waals surface area contributed by atoms with E-state index in [2.05, 4.69) is 10.3 Å². The molecular formula is C10H15N3O2. The first kappa shape index (κ1) is 11.3. The predicted molar refractivity (Wildman–Crippen MR) is 58.4 cm³/mol. The van der Waals surface area contributed by atoms with E-state index in [0.717, 1.165) is 0 Å². The van der Waals surface area contributed by atoms with Crippen molar-refractivity contribution in [3.63, 3.8) is 0 Å². The number of carbonyl (C=O) groups is 1. The van der Waals surface area contributed by atoms with E-state index in [4.69, 9.17) is 10.5 Å². The number of esters is 1. The first-order chi connectivity index (χ1) is 7.09. The molecule has 0 radical (unpaired) electrons. The summed E-state index contributed by atoms with van der Waals surface area (Å²) in [6, 6.07) is 3.52. The zero-order valence-electron chi connectivity index (χ0n) is 8.86. The lowest BCUT2D eigenvalue weighted by Gasteiger charge is -2.13. The summed E-state index contributed by atoms with van der Waals surface area (Å²) in [5.41, 5.74) is 6.25. The Morgan fingerprint density at radius 2 is 2.47 bits per heavy atom. The van der Waals surface area contributed by atoms with Crippen LogP contribution in [0.4, 0.5) is 11.5 Å². The second kappa shape index (κ2) is 5.19. The number of ether oxygens (including phenoxy) is 1. The second-order valence-corrected chi connectivity index (χ2v) is 3.24. The van der Waals surface area contributed by atoms with Crippen molar-refractivity contribution in [2.75, 3.05) is 17.6 Å². The summed E-state index contributed by atoms with van der Waals surface area (Å²) < 4.78 is 4.94. The molecule has 0 aromatic carbocycles. The average molecular weight is 209 g/mol. The standard InChI is InChI=1S/C10H15N3O2/c1-7(15-8(2)14)6-13-10-9(11)4-3-5-12-10/h3-5,7H,6,11H2,1-2H3,(H,12,13). The smallest absolute Gasteiger partial charge is 0.302 e. The van der Waals surface area contributed by atoms with Gasteiger partial charge in [-0.05, 0) is 19.1 Å². The molecule has 0 aliphatic heterocycles. The number of pyridine rings is 1. The van der Waals surface area contributed by atoms with Crippen LogP contribution in [0.5, 0.6) is 0 Å². The molecule has 1 aromatic heterocycles. The summed E-state index contributed by atoms with van der Waals surface area (Å²) in [6.45, 7) is 3.67. The number of hydrogen-bond acceptors (Lipinski definition) is 5. The fraction of sp³-hybridized carbons (Fsp3) is 0.400. The highest BCUT2D eigenvalue weighted by atomic mass is 16.5. The predicted octanol–water partition coefficient (Wildman–Crippen LogP) is 1.03. The Labute approximate surface area is 88.6 Å². The van der Waals surface area contributed by atoms with Gasteiger partial charge >= 0.3 is 5.97 Å². The van der Waals surface area contributed by atoms with Crippen molar-refractivity contribution < 1.29 is 9.53 Å². The third-order valence-electron chi connectivity index (χ3n) is 1.76. The molecule has 0 fully saturated rings. The summed E-state index contributed by atoms with van der Waals surface area (Å²) in [5, 5.41) is 3.00. The van der Waals surface area contributed by atoms with E-state index in [1.165, 1.54) is 6.92 Å². The second-order valence-electron chi connectivity index (χ2n) is 3.24. The van der Waals surface area contributed by atoms with Crippen LogP contribution in [0.15, 0.2) is 18.3 Å². The monoisotopic (exact) mass is 209 g/mol. The van der Waals surface area contributed by atoms with Crippen molar-refractivity contribution >= 4 is 17.5 Å². The number of nitrogens with two attached hydrogens (primary N) is 1. The molecule has 0 saturated carbocycles. The maximum Gasteiger partial charge on any atom is 0.302 e. The van der Waals surface area contributed by atoms with E-state index < -0.39 is 0 Å². The van der Waals surface area contributed by atoms with Gasteiger partial charge in [0.15, 0.2) is 0 Å². The minimum Gasteiger partial charge on any atom is -0.461 e. The van der Waals surface area contributed by atoms with Crippen LogP contribution < -0.4 is 11.1 Å². The normalized spacial score (nSPS) is 11.9. The largest absolute Gasteiger partial charge is 0.461 e. The Hall–Kier alpha value is -1.78. The van der Waals surface area contributed by atoms with Crippen molar-refractivity contribution in [3.8, 4) is 0 Å². The molecule has 15 heavy (non-hydrogen) atoms. The summed E-state index contributed by atoms with van der Waals surface area (Å²) in [6.07, 6.45) is 1.44. The molecule has 82 valence electrons. The molecular weight excluding hydrogens is 194 g/mol. The van der Waals surface area contributed by atoms with Crippen LogP contribution in [0.1, 0.15) is 13.8 Å². The molecule has 0 aliphatic carbocycles. The van der Waals surface area contributed by atoms with Crippen LogP contribution in [0.3, 0.4) is 0 Å². The highest BCUT2D eigenvalue weighted by Gasteiger charge is 2.06. The molecule has 0 saturated heterocycles. The van der Waals surface area contributed by atoms with Crippen molar-refractivity contribution in [1.82, 2.24) is 4.98 Å². The van der Waals surface area contributed by atoms with E-state index in [9.17, 15) is 4.79 Å². The van der Waals surface area contributed by atoms with Crippen LogP contribution in [0.25, 0.3) is 0 Å². The molecule has 3 N–H and O–H groups in total. The van der Waals surface area contributed by atoms with Crippen molar-refractivity contribution in [2.45, 2.75) is 20.0 Å². The van der Waals surface area contributed by atoms with Crippen LogP contribution >= 0.6 is 0 Å². The zero-order chi connectivity index (χ0) is 11.3. The molecule has 5 heteroatoms. The van der Waals surface area contributed by atoms with Gasteiger partial charge in [-0.25, -0.2) is 4.98 Å². The minimum atomic E-state index is -0.293. The van der Waals surface area contributed by atoms with Crippen LogP contribution in [-0.2, 0) is 9.53 Å². The van der Waals surface area contributed by atoms with Crippen LogP contribution in [0.2, 0.25) is 0 Å². The molecule has 0 bridgehead atoms. The number of hydrogen-bond donors (Lipinski definition) is 2.